The summed E-state index contributed by atoms with van der Waals surface area (Å²) in [7, 11) is 0. The predicted molar refractivity (Wildman–Crippen MR) is 73.1 cm³/mol. The van der Waals surface area contributed by atoms with Gasteiger partial charge in [-0.1, -0.05) is 18.2 Å². The number of nitrogens with zero attached hydrogens (tertiary/aromatic N) is 1. The van der Waals surface area contributed by atoms with Crippen LogP contribution < -0.4 is 5.32 Å². The second-order valence-corrected chi connectivity index (χ2v) is 5.37. The van der Waals surface area contributed by atoms with Crippen LogP contribution in [0.1, 0.15) is 23.2 Å². The average Bonchev–Trinajstić information content (AvgIpc) is 2.49. The summed E-state index contributed by atoms with van der Waals surface area (Å²) in [6, 6.07) is 9.51. The fraction of sp³-hybridized carbons (Fsp3) is 0.533. The van der Waals surface area contributed by atoms with E-state index in [0.717, 1.165) is 51.2 Å². The Balaban J connectivity index is 1.62. The number of carbonyl (C=O) groups excluding carboxylic acids is 1. The van der Waals surface area contributed by atoms with Crippen molar-refractivity contribution in [3.8, 4) is 0 Å². The fourth-order valence-corrected chi connectivity index (χ4v) is 2.91. The van der Waals surface area contributed by atoms with E-state index in [1.807, 2.05) is 35.2 Å². The summed E-state index contributed by atoms with van der Waals surface area (Å²) in [5, 5.41) is 3.39. The maximum atomic E-state index is 12.3. The lowest BCUT2D eigenvalue weighted by Crippen LogP contribution is -2.56. The zero-order valence-corrected chi connectivity index (χ0v) is 11.1. The molecule has 2 aliphatic heterocycles. The molecule has 19 heavy (non-hydrogen) atoms. The normalized spacial score (nSPS) is 22.4. The Hall–Kier alpha value is -1.39. The van der Waals surface area contributed by atoms with Crippen molar-refractivity contribution in [2.24, 2.45) is 0 Å². The average molecular weight is 260 g/mol. The van der Waals surface area contributed by atoms with Crippen LogP contribution in [0.4, 0.5) is 0 Å². The van der Waals surface area contributed by atoms with Crippen LogP contribution in [-0.4, -0.2) is 49.2 Å². The van der Waals surface area contributed by atoms with Gasteiger partial charge in [0.05, 0.1) is 12.2 Å². The largest absolute Gasteiger partial charge is 0.372 e. The maximum absolute atomic E-state index is 12.3. The summed E-state index contributed by atoms with van der Waals surface area (Å²) < 4.78 is 5.94. The fourth-order valence-electron chi connectivity index (χ4n) is 2.91. The number of rotatable bonds is 1. The van der Waals surface area contributed by atoms with E-state index in [9.17, 15) is 4.79 Å². The molecule has 0 aliphatic carbocycles. The van der Waals surface area contributed by atoms with Crippen LogP contribution in [0, 0.1) is 0 Å². The van der Waals surface area contributed by atoms with Gasteiger partial charge >= 0.3 is 0 Å². The van der Waals surface area contributed by atoms with Crippen molar-refractivity contribution >= 4 is 5.91 Å². The van der Waals surface area contributed by atoms with Gasteiger partial charge in [0.25, 0.3) is 5.91 Å². The van der Waals surface area contributed by atoms with Crippen molar-refractivity contribution in [1.29, 1.82) is 0 Å². The highest BCUT2D eigenvalue weighted by Gasteiger charge is 2.38. The molecule has 0 atom stereocenters. The summed E-state index contributed by atoms with van der Waals surface area (Å²) in [4.78, 5) is 14.3. The van der Waals surface area contributed by atoms with Crippen molar-refractivity contribution in [1.82, 2.24) is 10.2 Å². The Morgan fingerprint density at radius 3 is 2.58 bits per heavy atom. The first kappa shape index (κ1) is 12.6. The summed E-state index contributed by atoms with van der Waals surface area (Å²) in [6.45, 7) is 4.21. The number of benzene rings is 1. The molecule has 1 aromatic rings. The molecule has 2 aliphatic rings. The minimum atomic E-state index is -0.0360. The summed E-state index contributed by atoms with van der Waals surface area (Å²) in [5.41, 5.74) is 0.743. The molecule has 4 nitrogen and oxygen atoms in total. The van der Waals surface area contributed by atoms with E-state index >= 15 is 0 Å². The van der Waals surface area contributed by atoms with Gasteiger partial charge in [-0.25, -0.2) is 0 Å². The quantitative estimate of drug-likeness (QED) is 0.827. The standard InChI is InChI=1S/C15H20N2O2/c18-14(13-4-2-1-3-5-13)17-9-6-15(7-10-17)12-16-8-11-19-15/h1-5,16H,6-12H2. The number of hydrogen-bond acceptors (Lipinski definition) is 3. The molecule has 1 aromatic carbocycles. The topological polar surface area (TPSA) is 41.6 Å². The minimum absolute atomic E-state index is 0.0360. The molecular formula is C15H20N2O2. The van der Waals surface area contributed by atoms with Gasteiger partial charge in [0.15, 0.2) is 0 Å². The number of ether oxygens (including phenoxy) is 1. The van der Waals surface area contributed by atoms with Crippen molar-refractivity contribution in [2.45, 2.75) is 18.4 Å². The Kier molecular flexibility index (Phi) is 3.53. The number of carbonyl (C=O) groups is 1. The molecule has 1 spiro atoms. The number of likely N-dealkylation sites (tertiary alicyclic amines) is 1. The van der Waals surface area contributed by atoms with Crippen molar-refractivity contribution in [3.63, 3.8) is 0 Å². The first-order valence-electron chi connectivity index (χ1n) is 6.98. The summed E-state index contributed by atoms with van der Waals surface area (Å²) >= 11 is 0. The number of piperidine rings is 1. The highest BCUT2D eigenvalue weighted by atomic mass is 16.5. The maximum Gasteiger partial charge on any atom is 0.253 e. The zero-order chi connectivity index (χ0) is 13.1. The van der Waals surface area contributed by atoms with Crippen LogP contribution in [0.15, 0.2) is 30.3 Å². The molecule has 2 fully saturated rings. The Morgan fingerprint density at radius 1 is 1.21 bits per heavy atom. The van der Waals surface area contributed by atoms with E-state index in [2.05, 4.69) is 5.32 Å². The van der Waals surface area contributed by atoms with E-state index in [-0.39, 0.29) is 11.5 Å². The number of amides is 1. The summed E-state index contributed by atoms with van der Waals surface area (Å²) in [6.07, 6.45) is 1.86. The number of nitrogens with one attached hydrogen (secondary N) is 1. The highest BCUT2D eigenvalue weighted by Crippen LogP contribution is 2.28. The molecule has 2 saturated heterocycles. The molecule has 4 heteroatoms. The SMILES string of the molecule is O=C(c1ccccc1)N1CCC2(CC1)CNCCO2. The van der Waals surface area contributed by atoms with Crippen LogP contribution in [0.3, 0.4) is 0 Å². The van der Waals surface area contributed by atoms with Gasteiger partial charge in [-0.2, -0.15) is 0 Å². The van der Waals surface area contributed by atoms with Gasteiger partial charge in [0, 0.05) is 31.7 Å². The van der Waals surface area contributed by atoms with E-state index in [0.29, 0.717) is 0 Å². The van der Waals surface area contributed by atoms with Crippen LogP contribution in [0.2, 0.25) is 0 Å². The molecule has 0 bridgehead atoms. The Morgan fingerprint density at radius 2 is 1.95 bits per heavy atom. The second-order valence-electron chi connectivity index (χ2n) is 5.37. The van der Waals surface area contributed by atoms with Crippen LogP contribution in [-0.2, 0) is 4.74 Å². The molecule has 0 aromatic heterocycles. The van der Waals surface area contributed by atoms with E-state index in [1.165, 1.54) is 0 Å². The van der Waals surface area contributed by atoms with Crippen molar-refractivity contribution in [2.75, 3.05) is 32.8 Å². The molecule has 0 radical (unpaired) electrons. The van der Waals surface area contributed by atoms with Crippen molar-refractivity contribution < 1.29 is 9.53 Å². The van der Waals surface area contributed by atoms with Gasteiger partial charge in [-0.05, 0) is 25.0 Å². The van der Waals surface area contributed by atoms with Gasteiger partial charge in [-0.3, -0.25) is 4.79 Å². The second kappa shape index (κ2) is 5.31. The van der Waals surface area contributed by atoms with E-state index in [4.69, 9.17) is 4.74 Å². The first-order chi connectivity index (χ1) is 9.29. The van der Waals surface area contributed by atoms with Crippen LogP contribution >= 0.6 is 0 Å². The van der Waals surface area contributed by atoms with Crippen LogP contribution in [0.25, 0.3) is 0 Å². The lowest BCUT2D eigenvalue weighted by atomic mass is 9.90. The van der Waals surface area contributed by atoms with Gasteiger partial charge in [0.2, 0.25) is 0 Å². The monoisotopic (exact) mass is 260 g/mol. The third-order valence-corrected chi connectivity index (χ3v) is 4.12. The van der Waals surface area contributed by atoms with Gasteiger partial charge in [0.1, 0.15) is 0 Å². The molecule has 0 unspecified atom stereocenters. The van der Waals surface area contributed by atoms with Gasteiger partial charge in [-0.15, -0.1) is 0 Å². The lowest BCUT2D eigenvalue weighted by molar-refractivity contribution is -0.0954. The zero-order valence-electron chi connectivity index (χ0n) is 11.1. The molecule has 2 heterocycles. The third kappa shape index (κ3) is 2.65. The molecular weight excluding hydrogens is 240 g/mol. The van der Waals surface area contributed by atoms with Crippen LogP contribution in [0.5, 0.6) is 0 Å². The number of morpholine rings is 1. The smallest absolute Gasteiger partial charge is 0.253 e. The van der Waals surface area contributed by atoms with E-state index < -0.39 is 0 Å². The Labute approximate surface area is 113 Å². The van der Waals surface area contributed by atoms with E-state index in [1.54, 1.807) is 0 Å². The molecule has 102 valence electrons. The first-order valence-corrected chi connectivity index (χ1v) is 6.98. The Bertz CT molecular complexity index is 431. The third-order valence-electron chi connectivity index (χ3n) is 4.12. The highest BCUT2D eigenvalue weighted by molar-refractivity contribution is 5.94. The molecule has 3 rings (SSSR count). The predicted octanol–water partition coefficient (Wildman–Crippen LogP) is 1.28. The van der Waals surface area contributed by atoms with Crippen molar-refractivity contribution in [3.05, 3.63) is 35.9 Å². The lowest BCUT2D eigenvalue weighted by Gasteiger charge is -2.44. The van der Waals surface area contributed by atoms with Gasteiger partial charge < -0.3 is 15.0 Å². The minimum Gasteiger partial charge on any atom is -0.372 e. The molecule has 0 saturated carbocycles. The molecule has 1 N–H and O–H groups in total. The summed E-state index contributed by atoms with van der Waals surface area (Å²) in [5.74, 6) is 0.138. The molecule has 1 amide bonds. The number of hydrogen-bond donors (Lipinski definition) is 1.